The monoisotopic (exact) mass is 956 g/mol. The Bertz CT molecular complexity index is 2820. The topological polar surface area (TPSA) is 256 Å². The molecule has 68 heavy (non-hydrogen) atoms. The number of ether oxygens (including phenoxy) is 2. The number of nitrogens with one attached hydrogen (secondary N) is 6. The van der Waals surface area contributed by atoms with E-state index in [1.54, 1.807) is 40.1 Å². The second-order valence-corrected chi connectivity index (χ2v) is 20.7. The number of nitrogens with zero attached hydrogens (tertiary/aromatic N) is 2. The molecule has 0 bridgehead atoms. The van der Waals surface area contributed by atoms with Crippen LogP contribution in [0.15, 0.2) is 47.4 Å². The molecule has 1 aliphatic carbocycles. The zero-order valence-electron chi connectivity index (χ0n) is 39.3. The molecular weight excluding hydrogens is 897 g/mol. The number of hydrogen-bond donors (Lipinski definition) is 6. The van der Waals surface area contributed by atoms with Crippen LogP contribution in [0, 0.1) is 5.92 Å². The second kappa shape index (κ2) is 20.3. The summed E-state index contributed by atoms with van der Waals surface area (Å²) in [5.74, 6) is -1.96. The summed E-state index contributed by atoms with van der Waals surface area (Å²) < 4.78 is 41.6. The number of benzene rings is 2. The third kappa shape index (κ3) is 11.7. The number of amides is 6. The van der Waals surface area contributed by atoms with E-state index in [1.165, 1.54) is 27.7 Å². The van der Waals surface area contributed by atoms with Crippen LogP contribution < -0.4 is 36.3 Å². The van der Waals surface area contributed by atoms with Crippen molar-refractivity contribution in [2.45, 2.75) is 110 Å². The van der Waals surface area contributed by atoms with E-state index in [0.29, 0.717) is 34.9 Å². The van der Waals surface area contributed by atoms with Crippen molar-refractivity contribution < 1.29 is 46.7 Å². The van der Waals surface area contributed by atoms with Crippen LogP contribution in [0.3, 0.4) is 0 Å². The van der Waals surface area contributed by atoms with Crippen LogP contribution >= 0.6 is 0 Å². The maximum Gasteiger partial charge on any atom is 0.407 e. The van der Waals surface area contributed by atoms with E-state index in [-0.39, 0.29) is 91.1 Å². The van der Waals surface area contributed by atoms with Crippen molar-refractivity contribution in [3.05, 3.63) is 80.9 Å². The number of carbonyl (C=O) groups is 6. The van der Waals surface area contributed by atoms with Gasteiger partial charge in [0.2, 0.25) is 21.8 Å². The zero-order chi connectivity index (χ0) is 49.1. The number of aryl methyl sites for hydroxylation is 2. The summed E-state index contributed by atoms with van der Waals surface area (Å²) >= 11 is 0. The molecule has 19 nitrogen and oxygen atoms in total. The molecule has 7 rings (SSSR count). The fraction of sp³-hybridized carbons (Fsp3) is 0.479. The SMILES string of the molecule is CC(CCc1cccc2c1CN(C1CCC(=O)NC1=O)C2=O)CNC(=O)c1cc(OC2CCCCC2)c(-c2cn(C)c(=O)c3[nH]c(C(=O)NCCNC(=O)OC(C)(C)C)cc23)cc1NS(C)(=O)=O. The smallest absolute Gasteiger partial charge is 0.407 e. The predicted octanol–water partition coefficient (Wildman–Crippen LogP) is 4.63. The number of H-pyrrole nitrogens is 1. The maximum atomic E-state index is 14.2. The van der Waals surface area contributed by atoms with E-state index in [1.807, 2.05) is 19.1 Å². The van der Waals surface area contributed by atoms with Gasteiger partial charge >= 0.3 is 6.09 Å². The molecule has 2 aliphatic heterocycles. The van der Waals surface area contributed by atoms with Crippen LogP contribution in [0.2, 0.25) is 0 Å². The van der Waals surface area contributed by atoms with Gasteiger partial charge in [-0.2, -0.15) is 0 Å². The van der Waals surface area contributed by atoms with Gasteiger partial charge < -0.3 is 39.9 Å². The number of rotatable bonds is 16. The number of alkyl carbamates (subject to hydrolysis) is 1. The molecule has 20 heteroatoms. The van der Waals surface area contributed by atoms with Crippen LogP contribution in [-0.4, -0.2) is 102 Å². The molecule has 3 aliphatic rings. The quantitative estimate of drug-likeness (QED) is 0.0667. The number of aromatic nitrogens is 2. The summed E-state index contributed by atoms with van der Waals surface area (Å²) in [5, 5.41) is 11.0. The van der Waals surface area contributed by atoms with Crippen molar-refractivity contribution in [1.29, 1.82) is 0 Å². The lowest BCUT2D eigenvalue weighted by Gasteiger charge is -2.29. The molecule has 1 saturated heterocycles. The van der Waals surface area contributed by atoms with Gasteiger partial charge in [-0.25, -0.2) is 13.2 Å². The highest BCUT2D eigenvalue weighted by molar-refractivity contribution is 7.92. The Morgan fingerprint density at radius 3 is 2.35 bits per heavy atom. The lowest BCUT2D eigenvalue weighted by Crippen LogP contribution is -2.52. The molecule has 6 amide bonds. The number of aromatic amines is 1. The van der Waals surface area contributed by atoms with Crippen LogP contribution in [0.5, 0.6) is 5.75 Å². The van der Waals surface area contributed by atoms with E-state index in [4.69, 9.17) is 9.47 Å². The molecule has 1 saturated carbocycles. The van der Waals surface area contributed by atoms with E-state index in [2.05, 4.69) is 31.0 Å². The molecule has 2 aromatic carbocycles. The summed E-state index contributed by atoms with van der Waals surface area (Å²) in [6, 6.07) is 9.32. The Morgan fingerprint density at radius 1 is 0.912 bits per heavy atom. The van der Waals surface area contributed by atoms with Crippen molar-refractivity contribution in [2.24, 2.45) is 13.0 Å². The van der Waals surface area contributed by atoms with Gasteiger partial charge in [0, 0.05) is 67.9 Å². The highest BCUT2D eigenvalue weighted by Gasteiger charge is 2.40. The summed E-state index contributed by atoms with van der Waals surface area (Å²) in [6.07, 6.45) is 7.78. The molecule has 2 aromatic heterocycles. The van der Waals surface area contributed by atoms with E-state index in [0.717, 1.165) is 49.5 Å². The van der Waals surface area contributed by atoms with Gasteiger partial charge in [0.1, 0.15) is 28.6 Å². The van der Waals surface area contributed by atoms with Crippen LogP contribution in [0.1, 0.15) is 121 Å². The molecular formula is C48H60N8O11S. The minimum atomic E-state index is -3.94. The average molecular weight is 957 g/mol. The number of pyridine rings is 1. The summed E-state index contributed by atoms with van der Waals surface area (Å²) in [6.45, 7) is 7.79. The van der Waals surface area contributed by atoms with E-state index >= 15 is 0 Å². The molecule has 4 heterocycles. The summed E-state index contributed by atoms with van der Waals surface area (Å²) in [7, 11) is -2.39. The van der Waals surface area contributed by atoms with Gasteiger partial charge in [-0.05, 0) is 107 Å². The molecule has 0 radical (unpaired) electrons. The summed E-state index contributed by atoms with van der Waals surface area (Å²) in [5.41, 5.74) is 2.15. The molecule has 2 fully saturated rings. The fourth-order valence-corrected chi connectivity index (χ4v) is 9.46. The first-order valence-electron chi connectivity index (χ1n) is 23.0. The lowest BCUT2D eigenvalue weighted by molar-refractivity contribution is -0.136. The molecule has 364 valence electrons. The average Bonchev–Trinajstić information content (AvgIpc) is 3.87. The number of sulfonamides is 1. The van der Waals surface area contributed by atoms with Crippen LogP contribution in [0.25, 0.3) is 22.0 Å². The highest BCUT2D eigenvalue weighted by atomic mass is 32.2. The fourth-order valence-electron chi connectivity index (χ4n) is 8.89. The number of carbonyl (C=O) groups excluding carboxylic acids is 6. The Morgan fingerprint density at radius 2 is 1.65 bits per heavy atom. The normalized spacial score (nSPS) is 17.1. The standard InChI is InChI=1S/C48H60N8O11S/c1-27(15-16-28-11-10-14-30-34(28)26-56(45(30)61)38-17-18-40(57)53-44(38)60)24-51-42(58)33-23-39(66-29-12-8-7-9-13-29)31(21-36(33)54-68(6,64)65)35-25-55(5)46(62)41-32(35)22-37(52-41)43(59)49-19-20-50-47(63)67-48(2,3)4/h10-11,14,21-23,25,27,29,38,52,54H,7-9,12-13,15-20,24,26H2,1-6H3,(H,49,59)(H,50,63)(H,51,58)(H,53,57,60). The Labute approximate surface area is 394 Å². The maximum absolute atomic E-state index is 14.2. The molecule has 2 unspecified atom stereocenters. The van der Waals surface area contributed by atoms with E-state index < -0.39 is 51.0 Å². The van der Waals surface area contributed by atoms with Gasteiger partial charge in [-0.15, -0.1) is 0 Å². The Balaban J connectivity index is 1.12. The minimum absolute atomic E-state index is 0.0142. The molecule has 4 aromatic rings. The Hall–Kier alpha value is -6.70. The predicted molar refractivity (Wildman–Crippen MR) is 254 cm³/mol. The second-order valence-electron chi connectivity index (χ2n) is 19.0. The highest BCUT2D eigenvalue weighted by Crippen LogP contribution is 2.40. The van der Waals surface area contributed by atoms with Gasteiger partial charge in [0.15, 0.2) is 0 Å². The minimum Gasteiger partial charge on any atom is -0.490 e. The lowest BCUT2D eigenvalue weighted by atomic mass is 9.95. The first-order valence-corrected chi connectivity index (χ1v) is 24.9. The number of imide groups is 1. The van der Waals surface area contributed by atoms with Crippen molar-refractivity contribution in [1.82, 2.24) is 35.7 Å². The van der Waals surface area contributed by atoms with Crippen molar-refractivity contribution >= 4 is 62.2 Å². The van der Waals surface area contributed by atoms with Crippen LogP contribution in [-0.2, 0) is 44.4 Å². The molecule has 2 atom stereocenters. The summed E-state index contributed by atoms with van der Waals surface area (Å²) in [4.78, 5) is 95.4. The molecule has 6 N–H and O–H groups in total. The number of fused-ring (bicyclic) bond motifs is 2. The first kappa shape index (κ1) is 49.2. The zero-order valence-corrected chi connectivity index (χ0v) is 40.1. The number of anilines is 1. The third-order valence-electron chi connectivity index (χ3n) is 12.3. The largest absolute Gasteiger partial charge is 0.490 e. The van der Waals surface area contributed by atoms with Gasteiger partial charge in [0.25, 0.3) is 23.3 Å². The van der Waals surface area contributed by atoms with Gasteiger partial charge in [-0.1, -0.05) is 25.5 Å². The number of piperidine rings is 1. The van der Waals surface area contributed by atoms with Crippen molar-refractivity contribution in [2.75, 3.05) is 30.6 Å². The van der Waals surface area contributed by atoms with Crippen LogP contribution in [0.4, 0.5) is 10.5 Å². The van der Waals surface area contributed by atoms with Crippen molar-refractivity contribution in [3.63, 3.8) is 0 Å². The third-order valence-corrected chi connectivity index (χ3v) is 12.9. The molecule has 0 spiro atoms. The first-order chi connectivity index (χ1) is 32.2. The Kier molecular flexibility index (Phi) is 14.7. The van der Waals surface area contributed by atoms with Crippen molar-refractivity contribution in [3.8, 4) is 16.9 Å². The van der Waals surface area contributed by atoms with E-state index in [9.17, 15) is 42.0 Å². The van der Waals surface area contributed by atoms with Gasteiger partial charge in [-0.3, -0.25) is 38.8 Å². The van der Waals surface area contributed by atoms with Gasteiger partial charge in [0.05, 0.1) is 23.6 Å². The number of hydrogen-bond acceptors (Lipinski definition) is 11.